The van der Waals surface area contributed by atoms with E-state index < -0.39 is 0 Å². The van der Waals surface area contributed by atoms with Crippen molar-refractivity contribution in [2.45, 2.75) is 45.3 Å². The van der Waals surface area contributed by atoms with Crippen LogP contribution in [-0.2, 0) is 17.7 Å². The fourth-order valence-corrected chi connectivity index (χ4v) is 3.06. The Labute approximate surface area is 155 Å². The van der Waals surface area contributed by atoms with Gasteiger partial charge in [-0.05, 0) is 49.4 Å². The molecule has 5 nitrogen and oxygen atoms in total. The molecule has 5 heteroatoms. The molecule has 1 aromatic heterocycles. The molecule has 26 heavy (non-hydrogen) atoms. The van der Waals surface area contributed by atoms with Crippen LogP contribution in [0.3, 0.4) is 0 Å². The first kappa shape index (κ1) is 18.5. The Hall–Kier alpha value is -2.27. The molecule has 2 N–H and O–H groups in total. The van der Waals surface area contributed by atoms with Gasteiger partial charge in [-0.3, -0.25) is 0 Å². The molecule has 0 spiro atoms. The Balaban J connectivity index is 1.55. The lowest BCUT2D eigenvalue weighted by Gasteiger charge is -2.24. The summed E-state index contributed by atoms with van der Waals surface area (Å²) in [5.41, 5.74) is 2.51. The highest BCUT2D eigenvalue weighted by Gasteiger charge is 2.14. The van der Waals surface area contributed by atoms with E-state index in [1.165, 1.54) is 24.0 Å². The molecule has 2 heterocycles. The van der Waals surface area contributed by atoms with Gasteiger partial charge in [0.25, 0.3) is 0 Å². The molecule has 1 saturated heterocycles. The minimum atomic E-state index is 0.277. The van der Waals surface area contributed by atoms with Crippen LogP contribution in [0.15, 0.2) is 52.1 Å². The van der Waals surface area contributed by atoms with Crippen molar-refractivity contribution < 1.29 is 9.15 Å². The minimum absolute atomic E-state index is 0.277. The molecule has 1 aromatic carbocycles. The third kappa shape index (κ3) is 5.92. The lowest BCUT2D eigenvalue weighted by atomic mass is 10.1. The van der Waals surface area contributed by atoms with Crippen LogP contribution < -0.4 is 10.6 Å². The maximum Gasteiger partial charge on any atom is 0.191 e. The predicted octanol–water partition coefficient (Wildman–Crippen LogP) is 3.44. The maximum absolute atomic E-state index is 5.81. The topological polar surface area (TPSA) is 58.8 Å². The normalized spacial score (nSPS) is 17.9. The van der Waals surface area contributed by atoms with E-state index in [1.54, 1.807) is 6.26 Å². The molecule has 3 rings (SSSR count). The third-order valence-electron chi connectivity index (χ3n) is 4.68. The number of nitrogens with zero attached hydrogens (tertiary/aromatic N) is 1. The lowest BCUT2D eigenvalue weighted by molar-refractivity contribution is 0.0194. The second kappa shape index (κ2) is 10.0. The number of aryl methyl sites for hydroxylation is 1. The molecular formula is C21H29N3O2. The summed E-state index contributed by atoms with van der Waals surface area (Å²) in [6.45, 7) is 5.22. The van der Waals surface area contributed by atoms with Gasteiger partial charge in [-0.25, -0.2) is 4.99 Å². The van der Waals surface area contributed by atoms with Crippen molar-refractivity contribution >= 4 is 5.96 Å². The van der Waals surface area contributed by atoms with Crippen molar-refractivity contribution in [2.75, 3.05) is 19.7 Å². The van der Waals surface area contributed by atoms with Gasteiger partial charge in [0.05, 0.1) is 18.9 Å². The highest BCUT2D eigenvalue weighted by molar-refractivity contribution is 5.79. The smallest absolute Gasteiger partial charge is 0.191 e. The molecule has 140 valence electrons. The fourth-order valence-electron chi connectivity index (χ4n) is 3.06. The summed E-state index contributed by atoms with van der Waals surface area (Å²) in [6, 6.07) is 12.3. The van der Waals surface area contributed by atoms with Crippen LogP contribution in [0.25, 0.3) is 0 Å². The second-order valence-corrected chi connectivity index (χ2v) is 6.72. The van der Waals surface area contributed by atoms with Crippen molar-refractivity contribution in [3.63, 3.8) is 0 Å². The number of rotatable bonds is 7. The van der Waals surface area contributed by atoms with E-state index in [2.05, 4.69) is 41.8 Å². The lowest BCUT2D eigenvalue weighted by Crippen LogP contribution is -2.43. The van der Waals surface area contributed by atoms with Gasteiger partial charge < -0.3 is 19.8 Å². The van der Waals surface area contributed by atoms with E-state index in [1.807, 2.05) is 12.1 Å². The zero-order valence-electron chi connectivity index (χ0n) is 15.5. The van der Waals surface area contributed by atoms with Crippen molar-refractivity contribution in [3.8, 4) is 0 Å². The van der Waals surface area contributed by atoms with E-state index >= 15 is 0 Å². The molecule has 0 saturated carbocycles. The summed E-state index contributed by atoms with van der Waals surface area (Å²) in [4.78, 5) is 4.77. The minimum Gasteiger partial charge on any atom is -0.469 e. The summed E-state index contributed by atoms with van der Waals surface area (Å²) in [6.07, 6.45) is 6.35. The zero-order valence-corrected chi connectivity index (χ0v) is 15.5. The first-order valence-electron chi connectivity index (χ1n) is 9.52. The van der Waals surface area contributed by atoms with Crippen LogP contribution in [0.5, 0.6) is 0 Å². The number of aliphatic imine (C=N–C) groups is 1. The molecule has 1 unspecified atom stereocenters. The Kier molecular flexibility index (Phi) is 7.14. The van der Waals surface area contributed by atoms with E-state index in [-0.39, 0.29) is 6.10 Å². The monoisotopic (exact) mass is 355 g/mol. The van der Waals surface area contributed by atoms with E-state index in [0.717, 1.165) is 44.3 Å². The maximum atomic E-state index is 5.81. The summed E-state index contributed by atoms with van der Waals surface area (Å²) in [7, 11) is 0. The van der Waals surface area contributed by atoms with Gasteiger partial charge in [-0.1, -0.05) is 24.3 Å². The van der Waals surface area contributed by atoms with Crippen molar-refractivity contribution in [1.82, 2.24) is 10.6 Å². The first-order valence-corrected chi connectivity index (χ1v) is 9.52. The zero-order chi connectivity index (χ0) is 18.0. The van der Waals surface area contributed by atoms with Gasteiger partial charge in [0.2, 0.25) is 0 Å². The molecule has 0 radical (unpaired) electrons. The SMILES string of the molecule is Cc1ccccc1CN=C(NCCc1ccco1)NCC1CCCCO1. The first-order chi connectivity index (χ1) is 12.8. The van der Waals surface area contributed by atoms with Gasteiger partial charge in [0, 0.05) is 26.1 Å². The quantitative estimate of drug-likeness (QED) is 0.590. The standard InChI is InChI=1S/C21H29N3O2/c1-17-7-2-3-8-18(17)15-23-21(22-12-11-19-10-6-14-25-19)24-16-20-9-4-5-13-26-20/h2-3,6-8,10,14,20H,4-5,9,11-13,15-16H2,1H3,(H2,22,23,24). The highest BCUT2D eigenvalue weighted by atomic mass is 16.5. The number of hydrogen-bond donors (Lipinski definition) is 2. The third-order valence-corrected chi connectivity index (χ3v) is 4.68. The van der Waals surface area contributed by atoms with Crippen molar-refractivity contribution in [2.24, 2.45) is 4.99 Å². The summed E-state index contributed by atoms with van der Waals surface area (Å²) in [5, 5.41) is 6.85. The Morgan fingerprint density at radius 2 is 2.08 bits per heavy atom. The van der Waals surface area contributed by atoms with Gasteiger partial charge in [-0.15, -0.1) is 0 Å². The number of guanidine groups is 1. The second-order valence-electron chi connectivity index (χ2n) is 6.72. The van der Waals surface area contributed by atoms with Gasteiger partial charge >= 0.3 is 0 Å². The highest BCUT2D eigenvalue weighted by Crippen LogP contribution is 2.12. The molecule has 1 aliphatic rings. The molecule has 1 fully saturated rings. The summed E-state index contributed by atoms with van der Waals surface area (Å²) >= 11 is 0. The van der Waals surface area contributed by atoms with Crippen LogP contribution in [-0.4, -0.2) is 31.8 Å². The molecular weight excluding hydrogens is 326 g/mol. The Morgan fingerprint density at radius 1 is 1.15 bits per heavy atom. The van der Waals surface area contributed by atoms with E-state index in [0.29, 0.717) is 6.54 Å². The van der Waals surface area contributed by atoms with Crippen LogP contribution >= 0.6 is 0 Å². The molecule has 1 aliphatic heterocycles. The Bertz CT molecular complexity index is 676. The van der Waals surface area contributed by atoms with Crippen molar-refractivity contribution in [1.29, 1.82) is 0 Å². The largest absolute Gasteiger partial charge is 0.469 e. The number of nitrogens with one attached hydrogen (secondary N) is 2. The van der Waals surface area contributed by atoms with Crippen LogP contribution in [0.4, 0.5) is 0 Å². The predicted molar refractivity (Wildman–Crippen MR) is 104 cm³/mol. The number of ether oxygens (including phenoxy) is 1. The van der Waals surface area contributed by atoms with E-state index in [4.69, 9.17) is 14.1 Å². The average Bonchev–Trinajstić information content (AvgIpc) is 3.19. The Morgan fingerprint density at radius 3 is 2.85 bits per heavy atom. The number of furan rings is 1. The summed E-state index contributed by atoms with van der Waals surface area (Å²) in [5.74, 6) is 1.81. The number of hydrogen-bond acceptors (Lipinski definition) is 3. The average molecular weight is 355 g/mol. The fraction of sp³-hybridized carbons (Fsp3) is 0.476. The van der Waals surface area contributed by atoms with Crippen LogP contribution in [0.2, 0.25) is 0 Å². The summed E-state index contributed by atoms with van der Waals surface area (Å²) < 4.78 is 11.2. The van der Waals surface area contributed by atoms with Crippen molar-refractivity contribution in [3.05, 3.63) is 59.5 Å². The van der Waals surface area contributed by atoms with Gasteiger partial charge in [-0.2, -0.15) is 0 Å². The molecule has 0 bridgehead atoms. The van der Waals surface area contributed by atoms with Crippen LogP contribution in [0, 0.1) is 6.92 Å². The van der Waals surface area contributed by atoms with Gasteiger partial charge in [0.15, 0.2) is 5.96 Å². The molecule has 2 aromatic rings. The number of benzene rings is 1. The molecule has 1 atom stereocenters. The van der Waals surface area contributed by atoms with E-state index in [9.17, 15) is 0 Å². The molecule has 0 amide bonds. The molecule has 0 aliphatic carbocycles. The van der Waals surface area contributed by atoms with Crippen LogP contribution in [0.1, 0.15) is 36.1 Å². The van der Waals surface area contributed by atoms with Gasteiger partial charge in [0.1, 0.15) is 5.76 Å².